The molecule has 1 atom stereocenters. The zero-order chi connectivity index (χ0) is 21.2. The number of nitrogens with zero attached hydrogens (tertiary/aromatic N) is 1. The van der Waals surface area contributed by atoms with E-state index in [1.54, 1.807) is 22.7 Å². The first kappa shape index (κ1) is 23.6. The minimum absolute atomic E-state index is 0.0653. The molecule has 0 heterocycles. The number of nitrogens with one attached hydrogen (secondary N) is 1. The molecule has 0 saturated heterocycles. The highest BCUT2D eigenvalue weighted by atomic mass is 35.5. The van der Waals surface area contributed by atoms with Gasteiger partial charge in [0.25, 0.3) is 0 Å². The highest BCUT2D eigenvalue weighted by Crippen LogP contribution is 2.23. The molecular weight excluding hydrogens is 427 g/mol. The number of thioether (sulfide) groups is 1. The molecule has 1 N–H and O–H groups in total. The summed E-state index contributed by atoms with van der Waals surface area (Å²) in [5, 5.41) is 4.11. The van der Waals surface area contributed by atoms with Crippen LogP contribution in [0.25, 0.3) is 0 Å². The number of hydrogen-bond donors (Lipinski definition) is 1. The third kappa shape index (κ3) is 7.25. The van der Waals surface area contributed by atoms with E-state index in [9.17, 15) is 9.59 Å². The highest BCUT2D eigenvalue weighted by Gasteiger charge is 2.28. The Morgan fingerprint density at radius 2 is 1.76 bits per heavy atom. The fourth-order valence-electron chi connectivity index (χ4n) is 2.95. The topological polar surface area (TPSA) is 49.4 Å². The van der Waals surface area contributed by atoms with Gasteiger partial charge in [-0.15, -0.1) is 11.8 Å². The van der Waals surface area contributed by atoms with Crippen molar-refractivity contribution < 1.29 is 9.59 Å². The Kier molecular flexibility index (Phi) is 9.85. The molecule has 0 saturated carbocycles. The van der Waals surface area contributed by atoms with Crippen LogP contribution < -0.4 is 5.32 Å². The number of hydrogen-bond acceptors (Lipinski definition) is 3. The number of likely N-dealkylation sites (N-methyl/N-ethyl adjacent to an activating group) is 1. The van der Waals surface area contributed by atoms with E-state index < -0.39 is 6.04 Å². The van der Waals surface area contributed by atoms with E-state index >= 15 is 0 Å². The third-order valence-electron chi connectivity index (χ3n) is 4.43. The smallest absolute Gasteiger partial charge is 0.242 e. The fraction of sp³-hybridized carbons (Fsp3) is 0.364. The van der Waals surface area contributed by atoms with Crippen LogP contribution in [0.1, 0.15) is 32.3 Å². The first-order valence-electron chi connectivity index (χ1n) is 9.65. The van der Waals surface area contributed by atoms with Crippen LogP contribution >= 0.6 is 35.0 Å². The Labute approximate surface area is 187 Å². The number of carbonyl (C=O) groups excluding carboxylic acids is 2. The van der Waals surface area contributed by atoms with Crippen LogP contribution in [-0.2, 0) is 16.1 Å². The molecule has 4 nitrogen and oxygen atoms in total. The first-order chi connectivity index (χ1) is 14.0. The largest absolute Gasteiger partial charge is 0.355 e. The van der Waals surface area contributed by atoms with E-state index in [4.69, 9.17) is 23.2 Å². The second-order valence-electron chi connectivity index (χ2n) is 6.48. The summed E-state index contributed by atoms with van der Waals surface area (Å²) in [7, 11) is 0. The molecule has 0 bridgehead atoms. The van der Waals surface area contributed by atoms with Crippen LogP contribution in [-0.4, -0.2) is 35.1 Å². The predicted octanol–water partition coefficient (Wildman–Crippen LogP) is 5.42. The molecule has 0 aliphatic rings. The summed E-state index contributed by atoms with van der Waals surface area (Å²) in [4.78, 5) is 28.3. The van der Waals surface area contributed by atoms with Crippen LogP contribution in [0.3, 0.4) is 0 Å². The van der Waals surface area contributed by atoms with Gasteiger partial charge in [0.1, 0.15) is 6.04 Å². The highest BCUT2D eigenvalue weighted by molar-refractivity contribution is 7.99. The van der Waals surface area contributed by atoms with E-state index in [0.29, 0.717) is 41.7 Å². The lowest BCUT2D eigenvalue weighted by Crippen LogP contribution is -2.49. The van der Waals surface area contributed by atoms with Crippen molar-refractivity contribution in [3.05, 3.63) is 64.1 Å². The Morgan fingerprint density at radius 1 is 1.07 bits per heavy atom. The van der Waals surface area contributed by atoms with Gasteiger partial charge in [0.15, 0.2) is 0 Å². The molecule has 0 fully saturated rings. The van der Waals surface area contributed by atoms with Gasteiger partial charge in [-0.2, -0.15) is 0 Å². The summed E-state index contributed by atoms with van der Waals surface area (Å²) in [5.41, 5.74) is 0.829. The minimum atomic E-state index is -0.528. The summed E-state index contributed by atoms with van der Waals surface area (Å²) in [5.74, 6) is 0.413. The van der Waals surface area contributed by atoms with Crippen molar-refractivity contribution >= 4 is 46.8 Å². The van der Waals surface area contributed by atoms with Crippen molar-refractivity contribution in [2.45, 2.75) is 44.2 Å². The van der Waals surface area contributed by atoms with Crippen LogP contribution in [0.5, 0.6) is 0 Å². The maximum absolute atomic E-state index is 13.1. The zero-order valence-electron chi connectivity index (χ0n) is 16.7. The van der Waals surface area contributed by atoms with Gasteiger partial charge >= 0.3 is 0 Å². The van der Waals surface area contributed by atoms with Gasteiger partial charge in [-0.05, 0) is 49.2 Å². The number of carbonyl (C=O) groups is 2. The normalized spacial score (nSPS) is 11.7. The quantitative estimate of drug-likeness (QED) is 0.489. The average Bonchev–Trinajstić information content (AvgIpc) is 2.71. The van der Waals surface area contributed by atoms with Crippen LogP contribution in [0, 0.1) is 0 Å². The molecule has 0 aromatic heterocycles. The number of halogens is 2. The van der Waals surface area contributed by atoms with E-state index in [2.05, 4.69) is 5.32 Å². The molecule has 0 radical (unpaired) electrons. The maximum atomic E-state index is 13.1. The van der Waals surface area contributed by atoms with Crippen LogP contribution in [0.2, 0.25) is 10.0 Å². The number of amides is 2. The average molecular weight is 453 g/mol. The SMILES string of the molecule is CCNC(=O)[C@@H](CC)N(Cc1ccccc1Cl)C(=O)CCSc1ccc(Cl)cc1. The summed E-state index contributed by atoms with van der Waals surface area (Å²) >= 11 is 13.8. The van der Waals surface area contributed by atoms with Crippen molar-refractivity contribution in [1.29, 1.82) is 0 Å². The Hall–Kier alpha value is -1.69. The van der Waals surface area contributed by atoms with Crippen molar-refractivity contribution in [2.75, 3.05) is 12.3 Å². The lowest BCUT2D eigenvalue weighted by Gasteiger charge is -2.31. The molecule has 0 spiro atoms. The van der Waals surface area contributed by atoms with E-state index in [1.807, 2.05) is 56.3 Å². The minimum Gasteiger partial charge on any atom is -0.355 e. The van der Waals surface area contributed by atoms with E-state index in [0.717, 1.165) is 10.5 Å². The van der Waals surface area contributed by atoms with Gasteiger partial charge in [0.2, 0.25) is 11.8 Å². The van der Waals surface area contributed by atoms with Gasteiger partial charge in [0, 0.05) is 40.2 Å². The van der Waals surface area contributed by atoms with Crippen LogP contribution in [0.15, 0.2) is 53.4 Å². The second-order valence-corrected chi connectivity index (χ2v) is 8.50. The summed E-state index contributed by atoms with van der Waals surface area (Å²) in [6.45, 7) is 4.61. The second kappa shape index (κ2) is 12.1. The van der Waals surface area contributed by atoms with Crippen molar-refractivity contribution in [1.82, 2.24) is 10.2 Å². The molecule has 29 heavy (non-hydrogen) atoms. The van der Waals surface area contributed by atoms with Gasteiger partial charge in [-0.3, -0.25) is 9.59 Å². The molecule has 2 amide bonds. The first-order valence-corrected chi connectivity index (χ1v) is 11.4. The summed E-state index contributed by atoms with van der Waals surface area (Å²) in [6, 6.07) is 14.4. The van der Waals surface area contributed by atoms with Gasteiger partial charge in [-0.25, -0.2) is 0 Å². The van der Waals surface area contributed by atoms with Crippen molar-refractivity contribution in [3.63, 3.8) is 0 Å². The summed E-state index contributed by atoms with van der Waals surface area (Å²) < 4.78 is 0. The monoisotopic (exact) mass is 452 g/mol. The lowest BCUT2D eigenvalue weighted by atomic mass is 10.1. The number of rotatable bonds is 10. The van der Waals surface area contributed by atoms with Crippen LogP contribution in [0.4, 0.5) is 0 Å². The Morgan fingerprint density at radius 3 is 2.38 bits per heavy atom. The van der Waals surface area contributed by atoms with E-state index in [1.165, 1.54) is 0 Å². The molecular formula is C22H26Cl2N2O2S. The van der Waals surface area contributed by atoms with Crippen molar-refractivity contribution in [2.24, 2.45) is 0 Å². The molecule has 156 valence electrons. The van der Waals surface area contributed by atoms with E-state index in [-0.39, 0.29) is 11.8 Å². The zero-order valence-corrected chi connectivity index (χ0v) is 19.0. The molecule has 2 aromatic carbocycles. The summed E-state index contributed by atoms with van der Waals surface area (Å²) in [6.07, 6.45) is 0.861. The Bertz CT molecular complexity index is 815. The fourth-order valence-corrected chi connectivity index (χ4v) is 4.11. The van der Waals surface area contributed by atoms with Gasteiger partial charge in [0.05, 0.1) is 0 Å². The number of benzene rings is 2. The lowest BCUT2D eigenvalue weighted by molar-refractivity contribution is -0.141. The van der Waals surface area contributed by atoms with Crippen molar-refractivity contribution in [3.8, 4) is 0 Å². The molecule has 2 aromatic rings. The molecule has 0 aliphatic heterocycles. The standard InChI is InChI=1S/C22H26Cl2N2O2S/c1-3-20(22(28)25-4-2)26(15-16-7-5-6-8-19(16)24)21(27)13-14-29-18-11-9-17(23)10-12-18/h5-12,20H,3-4,13-15H2,1-2H3,(H,25,28)/t20-/m1/s1. The molecule has 7 heteroatoms. The van der Waals surface area contributed by atoms with Gasteiger partial charge < -0.3 is 10.2 Å². The Balaban J connectivity index is 2.11. The third-order valence-corrected chi connectivity index (χ3v) is 6.07. The van der Waals surface area contributed by atoms with Gasteiger partial charge in [-0.1, -0.05) is 48.3 Å². The molecule has 0 aliphatic carbocycles. The molecule has 2 rings (SSSR count). The predicted molar refractivity (Wildman–Crippen MR) is 122 cm³/mol. The maximum Gasteiger partial charge on any atom is 0.242 e. The molecule has 0 unspecified atom stereocenters.